The number of halogens is 1. The second kappa shape index (κ2) is 6.40. The van der Waals surface area contributed by atoms with E-state index < -0.39 is 11.4 Å². The number of hydrogen-bond acceptors (Lipinski definition) is 3. The Balaban J connectivity index is 2.10. The quantitative estimate of drug-likeness (QED) is 0.873. The maximum Gasteiger partial charge on any atom is 0.136 e. The summed E-state index contributed by atoms with van der Waals surface area (Å²) in [6, 6.07) is 7.46. The number of nitrogens with one attached hydrogen (secondary N) is 1. The van der Waals surface area contributed by atoms with Gasteiger partial charge in [0.1, 0.15) is 4.75 Å². The van der Waals surface area contributed by atoms with Crippen LogP contribution in [0.2, 0.25) is 5.02 Å². The van der Waals surface area contributed by atoms with Gasteiger partial charge in [-0.05, 0) is 52.0 Å². The fourth-order valence-corrected chi connectivity index (χ4v) is 2.64. The highest BCUT2D eigenvalue weighted by molar-refractivity contribution is 7.90. The van der Waals surface area contributed by atoms with Gasteiger partial charge in [0.25, 0.3) is 0 Å². The molecule has 0 radical (unpaired) electrons. The number of benzene rings is 1. The molecule has 0 amide bonds. The maximum atomic E-state index is 12.1. The van der Waals surface area contributed by atoms with Crippen LogP contribution in [0.4, 0.5) is 0 Å². The normalized spacial score (nSPS) is 15.0. The third-order valence-corrected chi connectivity index (χ3v) is 4.94. The molecular weight excluding hydrogens is 306 g/mol. The second-order valence-electron chi connectivity index (χ2n) is 5.90. The Bertz CT molecular complexity index is 592. The standard InChI is InChI=1S/C15H20ClN3OS/c1-11(18-21(20)15(2,3)4)14-9-19(10-17-14)13-7-5-12(16)6-8-13/h5-11,18H,1-4H3/t11?,21-/m1/s1. The summed E-state index contributed by atoms with van der Waals surface area (Å²) in [5.41, 5.74) is 1.84. The van der Waals surface area contributed by atoms with E-state index in [0.29, 0.717) is 5.02 Å². The maximum absolute atomic E-state index is 12.1. The zero-order chi connectivity index (χ0) is 15.6. The third kappa shape index (κ3) is 4.23. The fourth-order valence-electron chi connectivity index (χ4n) is 1.71. The predicted molar refractivity (Wildman–Crippen MR) is 88.0 cm³/mol. The lowest BCUT2D eigenvalue weighted by molar-refractivity contribution is 0.529. The first-order chi connectivity index (χ1) is 9.77. The number of hydrogen-bond donors (Lipinski definition) is 1. The van der Waals surface area contributed by atoms with Gasteiger partial charge in [-0.3, -0.25) is 0 Å². The van der Waals surface area contributed by atoms with Crippen molar-refractivity contribution >= 4 is 23.0 Å². The molecule has 1 unspecified atom stereocenters. The van der Waals surface area contributed by atoms with Gasteiger partial charge in [-0.15, -0.1) is 4.72 Å². The molecule has 0 aliphatic carbocycles. The molecule has 21 heavy (non-hydrogen) atoms. The van der Waals surface area contributed by atoms with Gasteiger partial charge in [0.15, 0.2) is 0 Å². The van der Waals surface area contributed by atoms with Crippen molar-refractivity contribution in [3.8, 4) is 5.69 Å². The zero-order valence-corrected chi connectivity index (χ0v) is 14.2. The minimum atomic E-state index is -1.12. The largest absolute Gasteiger partial charge is 0.598 e. The van der Waals surface area contributed by atoms with Crippen molar-refractivity contribution in [1.82, 2.24) is 14.3 Å². The van der Waals surface area contributed by atoms with E-state index in [-0.39, 0.29) is 10.8 Å². The number of rotatable bonds is 4. The fraction of sp³-hybridized carbons (Fsp3) is 0.400. The van der Waals surface area contributed by atoms with E-state index in [4.69, 9.17) is 11.6 Å². The van der Waals surface area contributed by atoms with Crippen LogP contribution in [0.5, 0.6) is 0 Å². The van der Waals surface area contributed by atoms with Crippen LogP contribution in [0.15, 0.2) is 36.8 Å². The van der Waals surface area contributed by atoms with Crippen LogP contribution in [0.3, 0.4) is 0 Å². The highest BCUT2D eigenvalue weighted by atomic mass is 35.5. The average Bonchev–Trinajstić information content (AvgIpc) is 2.88. The van der Waals surface area contributed by atoms with Gasteiger partial charge in [0.05, 0.1) is 18.1 Å². The summed E-state index contributed by atoms with van der Waals surface area (Å²) in [4.78, 5) is 4.38. The Kier molecular flexibility index (Phi) is 4.99. The summed E-state index contributed by atoms with van der Waals surface area (Å²) in [5.74, 6) is 0. The highest BCUT2D eigenvalue weighted by Gasteiger charge is 2.28. The smallest absolute Gasteiger partial charge is 0.136 e. The van der Waals surface area contributed by atoms with E-state index in [9.17, 15) is 4.55 Å². The third-order valence-electron chi connectivity index (χ3n) is 3.01. The summed E-state index contributed by atoms with van der Waals surface area (Å²) in [7, 11) is 0. The number of imidazole rings is 1. The summed E-state index contributed by atoms with van der Waals surface area (Å²) >= 11 is 4.76. The van der Waals surface area contributed by atoms with Gasteiger partial charge in [-0.2, -0.15) is 0 Å². The molecule has 0 spiro atoms. The first kappa shape index (κ1) is 16.4. The number of aromatic nitrogens is 2. The van der Waals surface area contributed by atoms with Crippen LogP contribution in [-0.4, -0.2) is 18.9 Å². The molecule has 2 aromatic rings. The molecule has 6 heteroatoms. The predicted octanol–water partition coefficient (Wildman–Crippen LogP) is 3.64. The minimum Gasteiger partial charge on any atom is -0.598 e. The van der Waals surface area contributed by atoms with Crippen molar-refractivity contribution in [2.45, 2.75) is 38.5 Å². The van der Waals surface area contributed by atoms with Gasteiger partial charge >= 0.3 is 0 Å². The lowest BCUT2D eigenvalue weighted by Crippen LogP contribution is -2.40. The van der Waals surface area contributed by atoms with E-state index in [1.54, 1.807) is 6.33 Å². The van der Waals surface area contributed by atoms with Crippen LogP contribution in [0, 0.1) is 0 Å². The summed E-state index contributed by atoms with van der Waals surface area (Å²) in [6.45, 7) is 7.78. The van der Waals surface area contributed by atoms with Crippen LogP contribution in [-0.2, 0) is 11.4 Å². The van der Waals surface area contributed by atoms with Crippen LogP contribution >= 0.6 is 11.6 Å². The Morgan fingerprint density at radius 1 is 1.29 bits per heavy atom. The Labute approximate surface area is 133 Å². The second-order valence-corrected chi connectivity index (χ2v) is 8.34. The van der Waals surface area contributed by atoms with Gasteiger partial charge in [0.2, 0.25) is 0 Å². The molecule has 1 N–H and O–H groups in total. The highest BCUT2D eigenvalue weighted by Crippen LogP contribution is 2.20. The molecule has 0 aliphatic rings. The molecule has 0 saturated heterocycles. The van der Waals surface area contributed by atoms with Crippen molar-refractivity contribution in [2.75, 3.05) is 0 Å². The zero-order valence-electron chi connectivity index (χ0n) is 12.6. The molecule has 1 aromatic carbocycles. The van der Waals surface area contributed by atoms with Crippen molar-refractivity contribution in [3.05, 3.63) is 47.5 Å². The van der Waals surface area contributed by atoms with Crippen LogP contribution in [0.1, 0.15) is 39.4 Å². The lowest BCUT2D eigenvalue weighted by atomic mass is 10.3. The molecule has 114 valence electrons. The van der Waals surface area contributed by atoms with E-state index in [1.807, 2.05) is 62.7 Å². The molecule has 1 heterocycles. The van der Waals surface area contributed by atoms with E-state index in [1.165, 1.54) is 0 Å². The van der Waals surface area contributed by atoms with Gasteiger partial charge in [0, 0.05) is 28.3 Å². The van der Waals surface area contributed by atoms with E-state index >= 15 is 0 Å². The van der Waals surface area contributed by atoms with E-state index in [0.717, 1.165) is 11.4 Å². The first-order valence-electron chi connectivity index (χ1n) is 6.75. The molecular formula is C15H20ClN3OS. The van der Waals surface area contributed by atoms with Crippen LogP contribution in [0.25, 0.3) is 5.69 Å². The molecule has 0 saturated carbocycles. The number of nitrogens with zero attached hydrogens (tertiary/aromatic N) is 2. The summed E-state index contributed by atoms with van der Waals surface area (Å²) < 4.78 is 16.8. The van der Waals surface area contributed by atoms with Gasteiger partial charge in [-0.25, -0.2) is 4.98 Å². The van der Waals surface area contributed by atoms with Crippen LogP contribution < -0.4 is 4.72 Å². The summed E-state index contributed by atoms with van der Waals surface area (Å²) in [5, 5.41) is 0.703. The van der Waals surface area contributed by atoms with E-state index in [2.05, 4.69) is 9.71 Å². The first-order valence-corrected chi connectivity index (χ1v) is 8.28. The molecule has 1 aromatic heterocycles. The SMILES string of the molecule is CC(N[S@+]([O-])C(C)(C)C)c1cn(-c2ccc(Cl)cc2)cn1. The molecule has 2 atom stereocenters. The molecule has 0 aliphatic heterocycles. The molecule has 4 nitrogen and oxygen atoms in total. The Hall–Kier alpha value is -1.01. The monoisotopic (exact) mass is 325 g/mol. The Morgan fingerprint density at radius 3 is 2.48 bits per heavy atom. The molecule has 0 bridgehead atoms. The molecule has 2 rings (SSSR count). The van der Waals surface area contributed by atoms with Gasteiger partial charge in [-0.1, -0.05) is 11.6 Å². The molecule has 0 fully saturated rings. The van der Waals surface area contributed by atoms with Crippen molar-refractivity contribution < 1.29 is 4.55 Å². The topological polar surface area (TPSA) is 52.9 Å². The Morgan fingerprint density at radius 2 is 1.90 bits per heavy atom. The summed E-state index contributed by atoms with van der Waals surface area (Å²) in [6.07, 6.45) is 3.68. The lowest BCUT2D eigenvalue weighted by Gasteiger charge is -2.25. The average molecular weight is 326 g/mol. The van der Waals surface area contributed by atoms with Gasteiger partial charge < -0.3 is 9.12 Å². The minimum absolute atomic E-state index is 0.0846. The van der Waals surface area contributed by atoms with Crippen molar-refractivity contribution in [1.29, 1.82) is 0 Å². The van der Waals surface area contributed by atoms with Crippen molar-refractivity contribution in [2.24, 2.45) is 0 Å². The van der Waals surface area contributed by atoms with Crippen molar-refractivity contribution in [3.63, 3.8) is 0 Å².